The molecule has 0 aliphatic carbocycles. The number of benzene rings is 2. The molecule has 0 aliphatic heterocycles. The average molecular weight is 320 g/mol. The Balaban J connectivity index is 1.84. The SMILES string of the molecule is NC(=O)[C@H](OC(=O)c1cccc(-n2cccc2)c1)c1ccccc1. The van der Waals surface area contributed by atoms with Crippen LogP contribution in [0.2, 0.25) is 0 Å². The van der Waals surface area contributed by atoms with E-state index in [4.69, 9.17) is 10.5 Å². The number of nitrogens with zero attached hydrogens (tertiary/aromatic N) is 1. The van der Waals surface area contributed by atoms with Crippen molar-refractivity contribution in [2.24, 2.45) is 5.73 Å². The van der Waals surface area contributed by atoms with Gasteiger partial charge in [0.05, 0.1) is 5.56 Å². The molecule has 1 aromatic heterocycles. The van der Waals surface area contributed by atoms with Crippen LogP contribution < -0.4 is 5.73 Å². The molecule has 2 aromatic carbocycles. The zero-order chi connectivity index (χ0) is 16.9. The van der Waals surface area contributed by atoms with Crippen LogP contribution in [0.4, 0.5) is 0 Å². The zero-order valence-electron chi connectivity index (χ0n) is 12.8. The molecule has 1 heterocycles. The first-order valence-electron chi connectivity index (χ1n) is 7.44. The van der Waals surface area contributed by atoms with E-state index in [0.717, 1.165) is 5.69 Å². The summed E-state index contributed by atoms with van der Waals surface area (Å²) in [5.74, 6) is -1.31. The fourth-order valence-electron chi connectivity index (χ4n) is 2.39. The van der Waals surface area contributed by atoms with E-state index in [2.05, 4.69) is 0 Å². The predicted molar refractivity (Wildman–Crippen MR) is 89.6 cm³/mol. The molecule has 2 N–H and O–H groups in total. The molecule has 120 valence electrons. The Hall–Kier alpha value is -3.34. The van der Waals surface area contributed by atoms with Crippen LogP contribution in [-0.4, -0.2) is 16.4 Å². The molecule has 0 saturated carbocycles. The molecule has 0 unspecified atom stereocenters. The van der Waals surface area contributed by atoms with E-state index in [-0.39, 0.29) is 0 Å². The molecule has 0 bridgehead atoms. The molecule has 3 rings (SSSR count). The maximum absolute atomic E-state index is 12.4. The maximum Gasteiger partial charge on any atom is 0.339 e. The monoisotopic (exact) mass is 320 g/mol. The van der Waals surface area contributed by atoms with Crippen molar-refractivity contribution in [3.8, 4) is 5.69 Å². The van der Waals surface area contributed by atoms with Gasteiger partial charge in [0.15, 0.2) is 0 Å². The molecule has 24 heavy (non-hydrogen) atoms. The number of rotatable bonds is 5. The number of carbonyl (C=O) groups is 2. The summed E-state index contributed by atoms with van der Waals surface area (Å²) in [7, 11) is 0. The number of hydrogen-bond acceptors (Lipinski definition) is 3. The summed E-state index contributed by atoms with van der Waals surface area (Å²) in [5, 5.41) is 0. The Morgan fingerprint density at radius 2 is 1.62 bits per heavy atom. The van der Waals surface area contributed by atoms with Gasteiger partial charge >= 0.3 is 5.97 Å². The van der Waals surface area contributed by atoms with Crippen LogP contribution in [0.15, 0.2) is 79.1 Å². The summed E-state index contributed by atoms with van der Waals surface area (Å²) in [4.78, 5) is 24.1. The van der Waals surface area contributed by atoms with E-state index in [0.29, 0.717) is 11.1 Å². The van der Waals surface area contributed by atoms with Crippen molar-refractivity contribution in [3.63, 3.8) is 0 Å². The lowest BCUT2D eigenvalue weighted by Gasteiger charge is -2.15. The van der Waals surface area contributed by atoms with E-state index in [1.54, 1.807) is 42.5 Å². The van der Waals surface area contributed by atoms with E-state index < -0.39 is 18.0 Å². The summed E-state index contributed by atoms with van der Waals surface area (Å²) in [6.07, 6.45) is 2.63. The Morgan fingerprint density at radius 3 is 2.29 bits per heavy atom. The number of nitrogens with two attached hydrogens (primary N) is 1. The van der Waals surface area contributed by atoms with Crippen molar-refractivity contribution in [2.75, 3.05) is 0 Å². The molecule has 5 heteroatoms. The Bertz CT molecular complexity index is 842. The lowest BCUT2D eigenvalue weighted by atomic mass is 10.1. The zero-order valence-corrected chi connectivity index (χ0v) is 12.8. The van der Waals surface area contributed by atoms with Crippen molar-refractivity contribution in [2.45, 2.75) is 6.10 Å². The molecule has 0 radical (unpaired) electrons. The van der Waals surface area contributed by atoms with Gasteiger partial charge in [-0.05, 0) is 30.3 Å². The maximum atomic E-state index is 12.4. The molecule has 1 amide bonds. The molecule has 0 aliphatic rings. The number of ether oxygens (including phenoxy) is 1. The second-order valence-electron chi connectivity index (χ2n) is 5.24. The normalized spacial score (nSPS) is 11.7. The second-order valence-corrected chi connectivity index (χ2v) is 5.24. The van der Waals surface area contributed by atoms with Gasteiger partial charge in [-0.1, -0.05) is 36.4 Å². The van der Waals surface area contributed by atoms with Crippen molar-refractivity contribution >= 4 is 11.9 Å². The smallest absolute Gasteiger partial charge is 0.339 e. The summed E-state index contributed by atoms with van der Waals surface area (Å²) < 4.78 is 7.21. The molecule has 0 fully saturated rings. The minimum atomic E-state index is -1.12. The first kappa shape index (κ1) is 15.6. The third-order valence-corrected chi connectivity index (χ3v) is 3.57. The summed E-state index contributed by atoms with van der Waals surface area (Å²) in [5.41, 5.74) is 7.10. The predicted octanol–water partition coefficient (Wildman–Crippen LogP) is 2.86. The molecule has 1 atom stereocenters. The van der Waals surface area contributed by atoms with Gasteiger partial charge < -0.3 is 15.0 Å². The molecule has 0 saturated heterocycles. The van der Waals surface area contributed by atoms with Crippen LogP contribution in [0.25, 0.3) is 5.69 Å². The van der Waals surface area contributed by atoms with Crippen molar-refractivity contribution < 1.29 is 14.3 Å². The van der Waals surface area contributed by atoms with Gasteiger partial charge in [0.2, 0.25) is 6.10 Å². The van der Waals surface area contributed by atoms with Crippen LogP contribution in [0.3, 0.4) is 0 Å². The van der Waals surface area contributed by atoms with Gasteiger partial charge in [-0.25, -0.2) is 4.79 Å². The van der Waals surface area contributed by atoms with Gasteiger partial charge in [0.25, 0.3) is 5.91 Å². The minimum Gasteiger partial charge on any atom is -0.444 e. The Labute approximate surface area is 139 Å². The van der Waals surface area contributed by atoms with Gasteiger partial charge in [0, 0.05) is 23.6 Å². The molecular formula is C19H16N2O3. The third kappa shape index (κ3) is 3.35. The molecule has 3 aromatic rings. The largest absolute Gasteiger partial charge is 0.444 e. The van der Waals surface area contributed by atoms with Gasteiger partial charge in [0.1, 0.15) is 0 Å². The topological polar surface area (TPSA) is 74.3 Å². The third-order valence-electron chi connectivity index (χ3n) is 3.57. The van der Waals surface area contributed by atoms with Crippen LogP contribution in [0, 0.1) is 0 Å². The van der Waals surface area contributed by atoms with Gasteiger partial charge in [-0.2, -0.15) is 0 Å². The summed E-state index contributed by atoms with van der Waals surface area (Å²) in [6.45, 7) is 0. The highest BCUT2D eigenvalue weighted by Crippen LogP contribution is 2.20. The van der Waals surface area contributed by atoms with Crippen molar-refractivity contribution in [3.05, 3.63) is 90.3 Å². The molecule has 5 nitrogen and oxygen atoms in total. The quantitative estimate of drug-likeness (QED) is 0.735. The lowest BCUT2D eigenvalue weighted by molar-refractivity contribution is -0.127. The van der Waals surface area contributed by atoms with Crippen molar-refractivity contribution in [1.29, 1.82) is 0 Å². The Kier molecular flexibility index (Phi) is 4.43. The van der Waals surface area contributed by atoms with Gasteiger partial charge in [-0.3, -0.25) is 4.79 Å². The second kappa shape index (κ2) is 6.83. The van der Waals surface area contributed by atoms with Crippen LogP contribution in [0.1, 0.15) is 22.0 Å². The molecular weight excluding hydrogens is 304 g/mol. The van der Waals surface area contributed by atoms with E-state index in [1.807, 2.05) is 41.2 Å². The van der Waals surface area contributed by atoms with E-state index in [1.165, 1.54) is 0 Å². The van der Waals surface area contributed by atoms with Crippen LogP contribution in [-0.2, 0) is 9.53 Å². The number of primary amides is 1. The lowest BCUT2D eigenvalue weighted by Crippen LogP contribution is -2.26. The number of amides is 1. The first-order valence-corrected chi connectivity index (χ1v) is 7.44. The first-order chi connectivity index (χ1) is 11.6. The fourth-order valence-corrected chi connectivity index (χ4v) is 2.39. The van der Waals surface area contributed by atoms with E-state index >= 15 is 0 Å². The van der Waals surface area contributed by atoms with Crippen molar-refractivity contribution in [1.82, 2.24) is 4.57 Å². The average Bonchev–Trinajstić information content (AvgIpc) is 3.15. The highest BCUT2D eigenvalue weighted by molar-refractivity contribution is 5.92. The molecule has 0 spiro atoms. The highest BCUT2D eigenvalue weighted by atomic mass is 16.5. The number of hydrogen-bond donors (Lipinski definition) is 1. The van der Waals surface area contributed by atoms with E-state index in [9.17, 15) is 9.59 Å². The summed E-state index contributed by atoms with van der Waals surface area (Å²) >= 11 is 0. The minimum absolute atomic E-state index is 0.350. The summed E-state index contributed by atoms with van der Waals surface area (Å²) in [6, 6.07) is 19.5. The fraction of sp³-hybridized carbons (Fsp3) is 0.0526. The highest BCUT2D eigenvalue weighted by Gasteiger charge is 2.23. The van der Waals surface area contributed by atoms with Gasteiger partial charge in [-0.15, -0.1) is 0 Å². The number of esters is 1. The van der Waals surface area contributed by atoms with Crippen LogP contribution >= 0.6 is 0 Å². The van der Waals surface area contributed by atoms with Crippen LogP contribution in [0.5, 0.6) is 0 Å². The number of aromatic nitrogens is 1. The standard InChI is InChI=1S/C19H16N2O3/c20-18(22)17(14-7-2-1-3-8-14)24-19(23)15-9-6-10-16(13-15)21-11-4-5-12-21/h1-13,17H,(H2,20,22)/t17-/m1/s1. The Morgan fingerprint density at radius 1 is 0.917 bits per heavy atom. The number of carbonyl (C=O) groups excluding carboxylic acids is 2.